The van der Waals surface area contributed by atoms with E-state index in [4.69, 9.17) is 5.41 Å². The van der Waals surface area contributed by atoms with E-state index in [1.54, 1.807) is 6.21 Å². The molecule has 0 aromatic carbocycles. The molecule has 2 N–H and O–H groups in total. The molecule has 3 rings (SSSR count). The maximum atomic E-state index is 7.76. The van der Waals surface area contributed by atoms with Crippen molar-refractivity contribution in [3.8, 4) is 0 Å². The summed E-state index contributed by atoms with van der Waals surface area (Å²) in [5.74, 6) is 3.39. The molecule has 1 aliphatic carbocycles. The number of hydrogen-bond acceptors (Lipinski definition) is 3. The molecule has 4 atom stereocenters. The van der Waals surface area contributed by atoms with E-state index in [1.807, 2.05) is 0 Å². The minimum atomic E-state index is 0.344. The second-order valence-corrected chi connectivity index (χ2v) is 8.30. The zero-order chi connectivity index (χ0) is 11.9. The Morgan fingerprint density at radius 3 is 2.76 bits per heavy atom. The number of rotatable bonds is 1. The molecule has 4 heteroatoms. The third-order valence-electron chi connectivity index (χ3n) is 5.13. The Morgan fingerprint density at radius 2 is 2.06 bits per heavy atom. The number of nitrogens with one attached hydrogen (secondary N) is 2. The summed E-state index contributed by atoms with van der Waals surface area (Å²) in [6.45, 7) is 0. The van der Waals surface area contributed by atoms with Crippen LogP contribution in [0.25, 0.3) is 0 Å². The van der Waals surface area contributed by atoms with E-state index in [1.165, 1.54) is 43.6 Å². The first kappa shape index (κ1) is 12.5. The highest BCUT2D eigenvalue weighted by molar-refractivity contribution is 9.09. The van der Waals surface area contributed by atoms with Crippen molar-refractivity contribution < 1.29 is 0 Å². The van der Waals surface area contributed by atoms with Gasteiger partial charge in [-0.1, -0.05) is 15.9 Å². The molecule has 0 radical (unpaired) electrons. The van der Waals surface area contributed by atoms with Crippen molar-refractivity contribution in [3.63, 3.8) is 0 Å². The monoisotopic (exact) mass is 316 g/mol. The zero-order valence-corrected chi connectivity index (χ0v) is 12.5. The van der Waals surface area contributed by atoms with Gasteiger partial charge in [0.15, 0.2) is 0 Å². The molecule has 2 nitrogen and oxygen atoms in total. The van der Waals surface area contributed by atoms with Gasteiger partial charge in [0.1, 0.15) is 0 Å². The average Bonchev–Trinajstić information content (AvgIpc) is 2.65. The Kier molecular flexibility index (Phi) is 3.57. The summed E-state index contributed by atoms with van der Waals surface area (Å²) in [5, 5.41) is 11.5. The standard InChI is InChI=1S/C13H21BrN2S/c14-9-1-2-11-10(7-9)13(12(8-15)16-11)3-5-17-6-4-13/h8-12,15-16H,1-7H2. The van der Waals surface area contributed by atoms with E-state index >= 15 is 0 Å². The van der Waals surface area contributed by atoms with Gasteiger partial charge >= 0.3 is 0 Å². The Labute approximate surface area is 116 Å². The fourth-order valence-corrected chi connectivity index (χ4v) is 6.15. The van der Waals surface area contributed by atoms with Crippen LogP contribution in [0.4, 0.5) is 0 Å². The summed E-state index contributed by atoms with van der Waals surface area (Å²) in [5.41, 5.74) is 0.407. The third kappa shape index (κ3) is 2.00. The Hall–Kier alpha value is 0.460. The molecular weight excluding hydrogens is 296 g/mol. The second kappa shape index (κ2) is 4.86. The van der Waals surface area contributed by atoms with Gasteiger partial charge in [0.25, 0.3) is 0 Å². The zero-order valence-electron chi connectivity index (χ0n) is 10.1. The molecule has 2 saturated heterocycles. The Balaban J connectivity index is 1.88. The SMILES string of the molecule is N=CC1NC2CCC(Br)CC2C12CCSCC2. The lowest BCUT2D eigenvalue weighted by Crippen LogP contribution is -2.43. The van der Waals surface area contributed by atoms with Gasteiger partial charge < -0.3 is 10.7 Å². The first-order valence-corrected chi connectivity index (χ1v) is 8.82. The first-order chi connectivity index (χ1) is 8.26. The molecule has 96 valence electrons. The van der Waals surface area contributed by atoms with Crippen LogP contribution in [0.5, 0.6) is 0 Å². The fourth-order valence-electron chi connectivity index (χ4n) is 4.23. The molecule has 0 amide bonds. The van der Waals surface area contributed by atoms with Gasteiger partial charge in [0.05, 0.1) is 0 Å². The predicted octanol–water partition coefficient (Wildman–Crippen LogP) is 3.05. The van der Waals surface area contributed by atoms with Gasteiger partial charge in [-0.3, -0.25) is 0 Å². The van der Waals surface area contributed by atoms with Gasteiger partial charge in [-0.25, -0.2) is 0 Å². The highest BCUT2D eigenvalue weighted by Gasteiger charge is 2.55. The van der Waals surface area contributed by atoms with Crippen molar-refractivity contribution in [1.29, 1.82) is 5.41 Å². The van der Waals surface area contributed by atoms with Crippen LogP contribution in [-0.2, 0) is 0 Å². The summed E-state index contributed by atoms with van der Waals surface area (Å²) in [6.07, 6.45) is 8.21. The molecule has 1 spiro atoms. The molecule has 0 aromatic heterocycles. The number of fused-ring (bicyclic) bond motifs is 2. The molecule has 1 saturated carbocycles. The van der Waals surface area contributed by atoms with Crippen LogP contribution in [0.15, 0.2) is 0 Å². The summed E-state index contributed by atoms with van der Waals surface area (Å²) < 4.78 is 0. The van der Waals surface area contributed by atoms with E-state index in [0.29, 0.717) is 22.3 Å². The minimum Gasteiger partial charge on any atom is -0.311 e. The van der Waals surface area contributed by atoms with Gasteiger partial charge in [-0.2, -0.15) is 11.8 Å². The number of alkyl halides is 1. The number of thioether (sulfide) groups is 1. The van der Waals surface area contributed by atoms with E-state index in [9.17, 15) is 0 Å². The van der Waals surface area contributed by atoms with E-state index in [0.717, 1.165) is 5.92 Å². The molecule has 3 fully saturated rings. The molecule has 0 bridgehead atoms. The second-order valence-electron chi connectivity index (χ2n) is 5.78. The van der Waals surface area contributed by atoms with Crippen molar-refractivity contribution in [2.75, 3.05) is 11.5 Å². The molecule has 4 unspecified atom stereocenters. The third-order valence-corrected chi connectivity index (χ3v) is 6.95. The van der Waals surface area contributed by atoms with Gasteiger partial charge in [0, 0.05) is 23.1 Å². The normalized spacial score (nSPS) is 44.5. The molecule has 0 aromatic rings. The van der Waals surface area contributed by atoms with Crippen LogP contribution in [0.2, 0.25) is 0 Å². The highest BCUT2D eigenvalue weighted by Crippen LogP contribution is 2.53. The van der Waals surface area contributed by atoms with Gasteiger partial charge in [-0.15, -0.1) is 0 Å². The molecular formula is C13H21BrN2S. The topological polar surface area (TPSA) is 35.9 Å². The van der Waals surface area contributed by atoms with Crippen LogP contribution >= 0.6 is 27.7 Å². The summed E-state index contributed by atoms with van der Waals surface area (Å²) >= 11 is 5.92. The van der Waals surface area contributed by atoms with Crippen LogP contribution in [0.3, 0.4) is 0 Å². The van der Waals surface area contributed by atoms with Crippen molar-refractivity contribution in [1.82, 2.24) is 5.32 Å². The van der Waals surface area contributed by atoms with Crippen LogP contribution < -0.4 is 5.32 Å². The number of halogens is 1. The van der Waals surface area contributed by atoms with E-state index in [2.05, 4.69) is 33.0 Å². The summed E-state index contributed by atoms with van der Waals surface area (Å²) in [6, 6.07) is 1.02. The van der Waals surface area contributed by atoms with Gasteiger partial charge in [-0.05, 0) is 54.9 Å². The lowest BCUT2D eigenvalue weighted by Gasteiger charge is -2.44. The maximum absolute atomic E-state index is 7.76. The lowest BCUT2D eigenvalue weighted by atomic mass is 9.64. The molecule has 3 aliphatic rings. The molecule has 2 heterocycles. The first-order valence-electron chi connectivity index (χ1n) is 6.75. The van der Waals surface area contributed by atoms with Crippen LogP contribution in [0, 0.1) is 16.7 Å². The fraction of sp³-hybridized carbons (Fsp3) is 0.923. The summed E-state index contributed by atoms with van der Waals surface area (Å²) in [4.78, 5) is 0.710. The lowest BCUT2D eigenvalue weighted by molar-refractivity contribution is 0.144. The Morgan fingerprint density at radius 1 is 1.29 bits per heavy atom. The smallest absolute Gasteiger partial charge is 0.0480 e. The average molecular weight is 317 g/mol. The minimum absolute atomic E-state index is 0.344. The Bertz CT molecular complexity index is 304. The van der Waals surface area contributed by atoms with E-state index in [-0.39, 0.29) is 0 Å². The quantitative estimate of drug-likeness (QED) is 0.576. The maximum Gasteiger partial charge on any atom is 0.0480 e. The van der Waals surface area contributed by atoms with Crippen molar-refractivity contribution >= 4 is 33.9 Å². The summed E-state index contributed by atoms with van der Waals surface area (Å²) in [7, 11) is 0. The van der Waals surface area contributed by atoms with Crippen molar-refractivity contribution in [2.24, 2.45) is 11.3 Å². The molecule has 17 heavy (non-hydrogen) atoms. The number of hydrogen-bond donors (Lipinski definition) is 2. The van der Waals surface area contributed by atoms with Crippen molar-refractivity contribution in [3.05, 3.63) is 0 Å². The van der Waals surface area contributed by atoms with Crippen molar-refractivity contribution in [2.45, 2.75) is 49.0 Å². The van der Waals surface area contributed by atoms with Crippen LogP contribution in [0.1, 0.15) is 32.1 Å². The highest BCUT2D eigenvalue weighted by atomic mass is 79.9. The van der Waals surface area contributed by atoms with E-state index < -0.39 is 0 Å². The largest absolute Gasteiger partial charge is 0.311 e. The molecule has 2 aliphatic heterocycles. The van der Waals surface area contributed by atoms with Crippen LogP contribution in [-0.4, -0.2) is 34.6 Å². The predicted molar refractivity (Wildman–Crippen MR) is 78.5 cm³/mol. The van der Waals surface area contributed by atoms with Gasteiger partial charge in [0.2, 0.25) is 0 Å².